The van der Waals surface area contributed by atoms with Crippen molar-refractivity contribution in [2.75, 3.05) is 13.2 Å². The van der Waals surface area contributed by atoms with E-state index in [0.29, 0.717) is 19.3 Å². The predicted molar refractivity (Wildman–Crippen MR) is 82.2 cm³/mol. The highest BCUT2D eigenvalue weighted by atomic mass is 16.5. The zero-order chi connectivity index (χ0) is 14.7. The quantitative estimate of drug-likeness (QED) is 0.886. The van der Waals surface area contributed by atoms with Crippen molar-refractivity contribution in [2.45, 2.75) is 45.6 Å². The van der Waals surface area contributed by atoms with Crippen LogP contribution in [0.4, 0.5) is 0 Å². The average Bonchev–Trinajstić information content (AvgIpc) is 3.10. The second-order valence-electron chi connectivity index (χ2n) is 5.83. The van der Waals surface area contributed by atoms with Gasteiger partial charge in [0.1, 0.15) is 18.0 Å². The predicted octanol–water partition coefficient (Wildman–Crippen LogP) is 3.24. The highest BCUT2D eigenvalue weighted by Crippen LogP contribution is 2.27. The largest absolute Gasteiger partial charge is 0.458 e. The van der Waals surface area contributed by atoms with Crippen LogP contribution in [0, 0.1) is 0 Å². The van der Waals surface area contributed by atoms with E-state index in [1.54, 1.807) is 0 Å². The molecule has 1 N–H and O–H groups in total. The summed E-state index contributed by atoms with van der Waals surface area (Å²) in [5, 5.41) is 4.64. The lowest BCUT2D eigenvalue weighted by atomic mass is 10.1. The van der Waals surface area contributed by atoms with Crippen LogP contribution < -0.4 is 5.32 Å². The van der Waals surface area contributed by atoms with Crippen LogP contribution in [0.5, 0.6) is 0 Å². The fourth-order valence-electron chi connectivity index (χ4n) is 2.60. The Balaban J connectivity index is 1.79. The molecule has 0 saturated carbocycles. The third kappa shape index (κ3) is 3.46. The number of nitrogens with one attached hydrogen (secondary N) is 1. The molecule has 4 heteroatoms. The van der Waals surface area contributed by atoms with Crippen molar-refractivity contribution < 1.29 is 13.9 Å². The summed E-state index contributed by atoms with van der Waals surface area (Å²) in [6.45, 7) is 7.10. The maximum absolute atomic E-state index is 5.99. The van der Waals surface area contributed by atoms with Gasteiger partial charge < -0.3 is 19.2 Å². The van der Waals surface area contributed by atoms with Gasteiger partial charge in [0, 0.05) is 30.1 Å². The molecule has 1 atom stereocenters. The SMILES string of the molecule is CC(C)NCc1c(COC2CCOC2)oc2ccccc12. The van der Waals surface area contributed by atoms with Gasteiger partial charge >= 0.3 is 0 Å². The third-order valence-electron chi connectivity index (χ3n) is 3.81. The lowest BCUT2D eigenvalue weighted by Gasteiger charge is -2.11. The van der Waals surface area contributed by atoms with Crippen LogP contribution in [-0.4, -0.2) is 25.4 Å². The van der Waals surface area contributed by atoms with Crippen LogP contribution >= 0.6 is 0 Å². The summed E-state index contributed by atoms with van der Waals surface area (Å²) in [5.74, 6) is 0.927. The van der Waals surface area contributed by atoms with E-state index in [2.05, 4.69) is 25.2 Å². The molecule has 0 amide bonds. The molecule has 0 spiro atoms. The van der Waals surface area contributed by atoms with E-state index in [-0.39, 0.29) is 6.10 Å². The summed E-state index contributed by atoms with van der Waals surface area (Å²) in [6.07, 6.45) is 1.17. The first-order chi connectivity index (χ1) is 10.2. The van der Waals surface area contributed by atoms with Gasteiger partial charge in [-0.2, -0.15) is 0 Å². The number of hydrogen-bond acceptors (Lipinski definition) is 4. The molecule has 1 aromatic heterocycles. The van der Waals surface area contributed by atoms with Crippen LogP contribution in [0.1, 0.15) is 31.6 Å². The van der Waals surface area contributed by atoms with Crippen LogP contribution in [-0.2, 0) is 22.6 Å². The van der Waals surface area contributed by atoms with Crippen LogP contribution in [0.15, 0.2) is 28.7 Å². The first-order valence-corrected chi connectivity index (χ1v) is 7.66. The number of furan rings is 1. The molecule has 2 aromatic rings. The molecule has 1 unspecified atom stereocenters. The van der Waals surface area contributed by atoms with Gasteiger partial charge in [-0.1, -0.05) is 32.0 Å². The van der Waals surface area contributed by atoms with E-state index in [1.165, 1.54) is 10.9 Å². The third-order valence-corrected chi connectivity index (χ3v) is 3.81. The second kappa shape index (κ2) is 6.60. The molecule has 1 aromatic carbocycles. The zero-order valence-corrected chi connectivity index (χ0v) is 12.7. The van der Waals surface area contributed by atoms with Crippen molar-refractivity contribution in [3.63, 3.8) is 0 Å². The topological polar surface area (TPSA) is 43.6 Å². The Kier molecular flexibility index (Phi) is 4.58. The Hall–Kier alpha value is -1.36. The number of ether oxygens (including phenoxy) is 2. The number of fused-ring (bicyclic) bond motifs is 1. The summed E-state index contributed by atoms with van der Waals surface area (Å²) in [7, 11) is 0. The van der Waals surface area contributed by atoms with E-state index in [0.717, 1.165) is 30.9 Å². The summed E-state index contributed by atoms with van der Waals surface area (Å²) >= 11 is 0. The molecular weight excluding hydrogens is 266 g/mol. The summed E-state index contributed by atoms with van der Waals surface area (Å²) in [6, 6.07) is 8.61. The maximum Gasteiger partial charge on any atom is 0.135 e. The summed E-state index contributed by atoms with van der Waals surface area (Å²) in [4.78, 5) is 0. The lowest BCUT2D eigenvalue weighted by Crippen LogP contribution is -2.22. The Labute approximate surface area is 125 Å². The van der Waals surface area contributed by atoms with Gasteiger partial charge in [-0.3, -0.25) is 0 Å². The molecule has 4 nitrogen and oxygen atoms in total. The molecule has 1 fully saturated rings. The number of hydrogen-bond donors (Lipinski definition) is 1. The van der Waals surface area contributed by atoms with Crippen molar-refractivity contribution in [1.29, 1.82) is 0 Å². The Morgan fingerprint density at radius 1 is 1.33 bits per heavy atom. The van der Waals surface area contributed by atoms with Gasteiger partial charge in [0.15, 0.2) is 0 Å². The van der Waals surface area contributed by atoms with Gasteiger partial charge in [-0.25, -0.2) is 0 Å². The Morgan fingerprint density at radius 2 is 2.19 bits per heavy atom. The fraction of sp³-hybridized carbons (Fsp3) is 0.529. The van der Waals surface area contributed by atoms with E-state index in [9.17, 15) is 0 Å². The molecule has 0 bridgehead atoms. The summed E-state index contributed by atoms with van der Waals surface area (Å²) < 4.78 is 17.3. The monoisotopic (exact) mass is 289 g/mol. The molecule has 1 saturated heterocycles. The molecule has 0 aliphatic carbocycles. The van der Waals surface area contributed by atoms with Crippen molar-refractivity contribution in [3.05, 3.63) is 35.6 Å². The van der Waals surface area contributed by atoms with E-state index >= 15 is 0 Å². The van der Waals surface area contributed by atoms with Gasteiger partial charge in [0.05, 0.1) is 12.7 Å². The van der Waals surface area contributed by atoms with Crippen LogP contribution in [0.25, 0.3) is 11.0 Å². The van der Waals surface area contributed by atoms with Gasteiger partial charge in [-0.05, 0) is 12.5 Å². The van der Waals surface area contributed by atoms with E-state index in [1.807, 2.05) is 18.2 Å². The second-order valence-corrected chi connectivity index (χ2v) is 5.83. The average molecular weight is 289 g/mol. The maximum atomic E-state index is 5.99. The molecular formula is C17H23NO3. The van der Waals surface area contributed by atoms with Crippen LogP contribution in [0.3, 0.4) is 0 Å². The molecule has 114 valence electrons. The number of benzene rings is 1. The molecule has 1 aliphatic rings. The first-order valence-electron chi connectivity index (χ1n) is 7.66. The standard InChI is InChI=1S/C17H23NO3/c1-12(2)18-9-15-14-5-3-4-6-16(14)21-17(15)11-20-13-7-8-19-10-13/h3-6,12-13,18H,7-11H2,1-2H3. The highest BCUT2D eigenvalue weighted by molar-refractivity contribution is 5.82. The van der Waals surface area contributed by atoms with E-state index in [4.69, 9.17) is 13.9 Å². The minimum atomic E-state index is 0.198. The van der Waals surface area contributed by atoms with Gasteiger partial charge in [-0.15, -0.1) is 0 Å². The van der Waals surface area contributed by atoms with Gasteiger partial charge in [0.2, 0.25) is 0 Å². The lowest BCUT2D eigenvalue weighted by molar-refractivity contribution is 0.0236. The minimum absolute atomic E-state index is 0.198. The van der Waals surface area contributed by atoms with Crippen molar-refractivity contribution >= 4 is 11.0 Å². The summed E-state index contributed by atoms with van der Waals surface area (Å²) in [5.41, 5.74) is 2.14. The van der Waals surface area contributed by atoms with Crippen LogP contribution in [0.2, 0.25) is 0 Å². The molecule has 21 heavy (non-hydrogen) atoms. The molecule has 2 heterocycles. The van der Waals surface area contributed by atoms with Crippen molar-refractivity contribution in [1.82, 2.24) is 5.32 Å². The number of rotatable bonds is 6. The molecule has 0 radical (unpaired) electrons. The zero-order valence-electron chi connectivity index (χ0n) is 12.7. The fourth-order valence-corrected chi connectivity index (χ4v) is 2.60. The highest BCUT2D eigenvalue weighted by Gasteiger charge is 2.19. The first kappa shape index (κ1) is 14.6. The van der Waals surface area contributed by atoms with E-state index < -0.39 is 0 Å². The van der Waals surface area contributed by atoms with Crippen molar-refractivity contribution in [2.24, 2.45) is 0 Å². The Morgan fingerprint density at radius 3 is 2.95 bits per heavy atom. The normalized spacial score (nSPS) is 18.9. The molecule has 1 aliphatic heterocycles. The smallest absolute Gasteiger partial charge is 0.135 e. The molecule has 3 rings (SSSR count). The Bertz CT molecular complexity index is 585. The minimum Gasteiger partial charge on any atom is -0.458 e. The van der Waals surface area contributed by atoms with Crippen molar-refractivity contribution in [3.8, 4) is 0 Å². The van der Waals surface area contributed by atoms with Gasteiger partial charge in [0.25, 0.3) is 0 Å². The number of para-hydroxylation sites is 1.